The molecule has 6 nitrogen and oxygen atoms in total. The Labute approximate surface area is 236 Å². The Morgan fingerprint density at radius 2 is 1.35 bits per heavy atom. The number of rotatable bonds is 9. The molecule has 0 fully saturated rings. The van der Waals surface area contributed by atoms with Gasteiger partial charge in [-0.25, -0.2) is 4.79 Å². The summed E-state index contributed by atoms with van der Waals surface area (Å²) in [6, 6.07) is 29.6. The van der Waals surface area contributed by atoms with Crippen LogP contribution < -0.4 is 0 Å². The molecule has 5 aromatic rings. The van der Waals surface area contributed by atoms with Gasteiger partial charge in [0.2, 0.25) is 5.78 Å². The zero-order valence-electron chi connectivity index (χ0n) is 22.3. The Morgan fingerprint density at radius 1 is 0.750 bits per heavy atom. The van der Waals surface area contributed by atoms with Gasteiger partial charge >= 0.3 is 5.30 Å². The van der Waals surface area contributed by atoms with Crippen molar-refractivity contribution < 1.29 is 19.2 Å². The number of nitrogens with zero attached hydrogens (tertiary/aromatic N) is 2. The van der Waals surface area contributed by atoms with E-state index in [2.05, 4.69) is 16.6 Å². The summed E-state index contributed by atoms with van der Waals surface area (Å²) in [5.74, 6) is -0.352. The van der Waals surface area contributed by atoms with Gasteiger partial charge in [0.15, 0.2) is 5.78 Å². The minimum absolute atomic E-state index is 0.0558. The zero-order valence-corrected chi connectivity index (χ0v) is 23.1. The first-order valence-corrected chi connectivity index (χ1v) is 14.0. The van der Waals surface area contributed by atoms with Crippen LogP contribution in [0, 0.1) is 0 Å². The highest BCUT2D eigenvalue weighted by molar-refractivity contribution is 8.13. The van der Waals surface area contributed by atoms with Crippen molar-refractivity contribution in [1.82, 2.24) is 4.57 Å². The van der Waals surface area contributed by atoms with Crippen molar-refractivity contribution in [3.8, 4) is 0 Å². The summed E-state index contributed by atoms with van der Waals surface area (Å²) in [6.45, 7) is 4.73. The second-order valence-electron chi connectivity index (χ2n) is 9.28. The summed E-state index contributed by atoms with van der Waals surface area (Å²) >= 11 is 0.912. The van der Waals surface area contributed by atoms with E-state index in [9.17, 15) is 14.4 Å². The van der Waals surface area contributed by atoms with Crippen molar-refractivity contribution >= 4 is 56.1 Å². The van der Waals surface area contributed by atoms with Gasteiger partial charge in [0.1, 0.15) is 5.71 Å². The van der Waals surface area contributed by atoms with Crippen LogP contribution in [-0.4, -0.2) is 27.1 Å². The number of oxime groups is 1. The fourth-order valence-electron chi connectivity index (χ4n) is 4.78. The Morgan fingerprint density at radius 3 is 1.98 bits per heavy atom. The Hall–Kier alpha value is -4.49. The topological polar surface area (TPSA) is 77.7 Å². The van der Waals surface area contributed by atoms with E-state index in [1.54, 1.807) is 30.3 Å². The molecule has 0 N–H and O–H groups in total. The van der Waals surface area contributed by atoms with E-state index in [1.165, 1.54) is 0 Å². The molecule has 0 saturated carbocycles. The van der Waals surface area contributed by atoms with Crippen molar-refractivity contribution in [1.29, 1.82) is 0 Å². The number of thioether (sulfide) groups is 1. The standard InChI is InChI=1S/C33H28N2O4S/c1-3-11-28(34-39-33(38)40-25-14-9-6-10-15-25)32(37)24-17-19-30-27(21-24)26-20-23(16-18-29(26)35(30)4-2)31(36)22-12-7-5-8-13-22/h5-10,12-21H,3-4,11H2,1-2H3/b34-28+. The summed E-state index contributed by atoms with van der Waals surface area (Å²) in [5.41, 5.74) is 3.79. The maximum atomic E-state index is 13.5. The van der Waals surface area contributed by atoms with Crippen LogP contribution in [0.3, 0.4) is 0 Å². The first kappa shape index (κ1) is 27.1. The zero-order chi connectivity index (χ0) is 28.1. The number of fused-ring (bicyclic) bond motifs is 3. The molecule has 0 unspecified atom stereocenters. The highest BCUT2D eigenvalue weighted by Gasteiger charge is 2.19. The normalized spacial score (nSPS) is 11.6. The molecule has 0 spiro atoms. The second kappa shape index (κ2) is 12.1. The van der Waals surface area contributed by atoms with E-state index >= 15 is 0 Å². The van der Waals surface area contributed by atoms with Gasteiger partial charge in [-0.1, -0.05) is 67.0 Å². The lowest BCUT2D eigenvalue weighted by molar-refractivity contribution is 0.103. The number of aromatic nitrogens is 1. The van der Waals surface area contributed by atoms with Crippen molar-refractivity contribution in [2.75, 3.05) is 0 Å². The Kier molecular flexibility index (Phi) is 8.22. The lowest BCUT2D eigenvalue weighted by Gasteiger charge is -2.06. The molecule has 0 aliphatic heterocycles. The largest absolute Gasteiger partial charge is 0.398 e. The first-order chi connectivity index (χ1) is 19.5. The van der Waals surface area contributed by atoms with Gasteiger partial charge in [0.25, 0.3) is 0 Å². The summed E-state index contributed by atoms with van der Waals surface area (Å²) in [6.07, 6.45) is 1.03. The molecule has 1 heterocycles. The van der Waals surface area contributed by atoms with E-state index in [0.717, 1.165) is 45.0 Å². The SMILES string of the molecule is CCC/C(=N\OC(=O)Sc1ccccc1)C(=O)c1ccc2c(c1)c1cc(C(=O)c3ccccc3)ccc1n2CC. The molecule has 5 rings (SSSR count). The predicted octanol–water partition coefficient (Wildman–Crippen LogP) is 8.31. The third-order valence-electron chi connectivity index (χ3n) is 6.67. The third kappa shape index (κ3) is 5.60. The van der Waals surface area contributed by atoms with Gasteiger partial charge in [0, 0.05) is 49.9 Å². The summed E-state index contributed by atoms with van der Waals surface area (Å²) < 4.78 is 2.17. The lowest BCUT2D eigenvalue weighted by Crippen LogP contribution is -2.15. The molecule has 0 radical (unpaired) electrons. The second-order valence-corrected chi connectivity index (χ2v) is 10.3. The highest BCUT2D eigenvalue weighted by Crippen LogP contribution is 2.32. The van der Waals surface area contributed by atoms with Crippen LogP contribution in [0.1, 0.15) is 53.0 Å². The molecule has 40 heavy (non-hydrogen) atoms. The van der Waals surface area contributed by atoms with Gasteiger partial charge in [0.05, 0.1) is 0 Å². The maximum Gasteiger partial charge on any atom is 0.398 e. The van der Waals surface area contributed by atoms with Gasteiger partial charge in [-0.3, -0.25) is 9.59 Å². The van der Waals surface area contributed by atoms with E-state index in [0.29, 0.717) is 29.5 Å². The van der Waals surface area contributed by atoms with Crippen LogP contribution >= 0.6 is 11.8 Å². The van der Waals surface area contributed by atoms with E-state index in [1.807, 2.05) is 73.7 Å². The summed E-state index contributed by atoms with van der Waals surface area (Å²) in [7, 11) is 0. The van der Waals surface area contributed by atoms with Gasteiger partial charge in [-0.2, -0.15) is 0 Å². The number of hydrogen-bond acceptors (Lipinski definition) is 6. The monoisotopic (exact) mass is 548 g/mol. The fourth-order valence-corrected chi connectivity index (χ4v) is 5.34. The minimum Gasteiger partial charge on any atom is -0.341 e. The van der Waals surface area contributed by atoms with Crippen LogP contribution in [0.5, 0.6) is 0 Å². The maximum absolute atomic E-state index is 13.5. The number of carbonyl (C=O) groups is 3. The van der Waals surface area contributed by atoms with E-state index < -0.39 is 5.30 Å². The number of Topliss-reactive ketones (excluding diaryl/α,β-unsaturated/α-hetero) is 1. The lowest BCUT2D eigenvalue weighted by atomic mass is 9.99. The third-order valence-corrected chi connectivity index (χ3v) is 7.41. The average molecular weight is 549 g/mol. The summed E-state index contributed by atoms with van der Waals surface area (Å²) in [4.78, 5) is 44.9. The average Bonchev–Trinajstić information content (AvgIpc) is 3.31. The summed E-state index contributed by atoms with van der Waals surface area (Å²) in [5, 5.41) is 5.13. The van der Waals surface area contributed by atoms with E-state index in [-0.39, 0.29) is 17.3 Å². The molecule has 0 aliphatic rings. The molecule has 0 saturated heterocycles. The number of aryl methyl sites for hydroxylation is 1. The number of ketones is 2. The quantitative estimate of drug-likeness (QED) is 0.0608. The van der Waals surface area contributed by atoms with E-state index in [4.69, 9.17) is 4.84 Å². The van der Waals surface area contributed by atoms with Gasteiger partial charge in [-0.05, 0) is 73.6 Å². The predicted molar refractivity (Wildman–Crippen MR) is 160 cm³/mol. The van der Waals surface area contributed by atoms with Crippen molar-refractivity contribution in [3.63, 3.8) is 0 Å². The number of carbonyl (C=O) groups excluding carboxylic acids is 3. The molecule has 200 valence electrons. The van der Waals surface area contributed by atoms with Gasteiger partial charge in [-0.15, -0.1) is 0 Å². The molecule has 7 heteroatoms. The Balaban J connectivity index is 1.49. The molecule has 0 bridgehead atoms. The van der Waals surface area contributed by atoms with Crippen LogP contribution in [0.2, 0.25) is 0 Å². The van der Waals surface area contributed by atoms with Crippen molar-refractivity contribution in [2.45, 2.75) is 38.1 Å². The molecular weight excluding hydrogens is 520 g/mol. The molecular formula is C33H28N2O4S. The fraction of sp³-hybridized carbons (Fsp3) is 0.152. The van der Waals surface area contributed by atoms with Gasteiger partial charge < -0.3 is 9.40 Å². The van der Waals surface area contributed by atoms with Crippen LogP contribution in [-0.2, 0) is 11.4 Å². The molecule has 1 aromatic heterocycles. The highest BCUT2D eigenvalue weighted by atomic mass is 32.2. The van der Waals surface area contributed by atoms with Crippen LogP contribution in [0.4, 0.5) is 4.79 Å². The number of hydrogen-bond donors (Lipinski definition) is 0. The first-order valence-electron chi connectivity index (χ1n) is 13.2. The minimum atomic E-state index is -0.607. The van der Waals surface area contributed by atoms with Crippen LogP contribution in [0.15, 0.2) is 107 Å². The molecule has 0 amide bonds. The smallest absolute Gasteiger partial charge is 0.341 e. The van der Waals surface area contributed by atoms with Crippen molar-refractivity contribution in [3.05, 3.63) is 114 Å². The molecule has 4 aromatic carbocycles. The van der Waals surface area contributed by atoms with Crippen molar-refractivity contribution in [2.24, 2.45) is 5.16 Å². The Bertz CT molecular complexity index is 1740. The molecule has 0 aliphatic carbocycles. The van der Waals surface area contributed by atoms with Crippen LogP contribution in [0.25, 0.3) is 21.8 Å². The number of benzene rings is 4. The molecule has 0 atom stereocenters.